The summed E-state index contributed by atoms with van der Waals surface area (Å²) in [6.45, 7) is 12.2. The van der Waals surface area contributed by atoms with Crippen molar-refractivity contribution in [1.29, 1.82) is 0 Å². The molecule has 1 rings (SSSR count). The number of carbonyl (C=O) groups excluding carboxylic acids is 2. The summed E-state index contributed by atoms with van der Waals surface area (Å²) in [7, 11) is 0. The zero-order valence-electron chi connectivity index (χ0n) is 14.3. The molecule has 1 aliphatic rings. The highest BCUT2D eigenvalue weighted by Gasteiger charge is 2.33. The molecular weight excluding hydrogens is 268 g/mol. The Morgan fingerprint density at radius 2 is 1.52 bits per heavy atom. The molecule has 21 heavy (non-hydrogen) atoms. The lowest BCUT2D eigenvalue weighted by atomic mass is 9.72. The van der Waals surface area contributed by atoms with E-state index in [4.69, 9.17) is 9.47 Å². The lowest BCUT2D eigenvalue weighted by Gasteiger charge is -2.36. The second kappa shape index (κ2) is 6.80. The Bertz CT molecular complexity index is 371. The third-order valence-corrected chi connectivity index (χ3v) is 4.77. The van der Waals surface area contributed by atoms with E-state index in [2.05, 4.69) is 20.8 Å². The zero-order valence-corrected chi connectivity index (χ0v) is 14.3. The van der Waals surface area contributed by atoms with E-state index < -0.39 is 17.5 Å². The molecule has 0 aliphatic heterocycles. The SMILES string of the molecule is CCC(C)(C)C(=O)OC(=O)OC1CCC(C(C)(C)C)CC1. The molecule has 0 N–H and O–H groups in total. The number of carbonyl (C=O) groups is 2. The van der Waals surface area contributed by atoms with Crippen LogP contribution >= 0.6 is 0 Å². The molecule has 0 amide bonds. The highest BCUT2D eigenvalue weighted by molar-refractivity contribution is 5.85. The molecule has 0 radical (unpaired) electrons. The molecule has 0 aromatic rings. The van der Waals surface area contributed by atoms with Crippen LogP contribution in [0.1, 0.15) is 73.6 Å². The van der Waals surface area contributed by atoms with Gasteiger partial charge in [0.05, 0.1) is 5.41 Å². The first kappa shape index (κ1) is 18.0. The van der Waals surface area contributed by atoms with Crippen molar-refractivity contribution in [3.8, 4) is 0 Å². The lowest BCUT2D eigenvalue weighted by Crippen LogP contribution is -2.33. The van der Waals surface area contributed by atoms with Crippen LogP contribution in [0.4, 0.5) is 4.79 Å². The van der Waals surface area contributed by atoms with Crippen molar-refractivity contribution >= 4 is 12.1 Å². The summed E-state index contributed by atoms with van der Waals surface area (Å²) in [5.74, 6) is 0.146. The van der Waals surface area contributed by atoms with Gasteiger partial charge in [-0.1, -0.05) is 27.7 Å². The van der Waals surface area contributed by atoms with Gasteiger partial charge in [0.2, 0.25) is 0 Å². The van der Waals surface area contributed by atoms with Gasteiger partial charge in [0, 0.05) is 0 Å². The Morgan fingerprint density at radius 1 is 1.00 bits per heavy atom. The van der Waals surface area contributed by atoms with Crippen LogP contribution in [0.2, 0.25) is 0 Å². The van der Waals surface area contributed by atoms with Crippen molar-refractivity contribution in [2.45, 2.75) is 79.8 Å². The summed E-state index contributed by atoms with van der Waals surface area (Å²) in [5, 5.41) is 0. The fourth-order valence-electron chi connectivity index (χ4n) is 2.57. The highest BCUT2D eigenvalue weighted by Crippen LogP contribution is 2.38. The first-order valence-electron chi connectivity index (χ1n) is 7.99. The van der Waals surface area contributed by atoms with E-state index in [1.54, 1.807) is 13.8 Å². The summed E-state index contributed by atoms with van der Waals surface area (Å²) in [4.78, 5) is 23.5. The summed E-state index contributed by atoms with van der Waals surface area (Å²) >= 11 is 0. The molecule has 0 spiro atoms. The van der Waals surface area contributed by atoms with E-state index in [0.717, 1.165) is 25.7 Å². The number of hydrogen-bond donors (Lipinski definition) is 0. The third kappa shape index (κ3) is 5.33. The van der Waals surface area contributed by atoms with Crippen LogP contribution in [0.15, 0.2) is 0 Å². The van der Waals surface area contributed by atoms with E-state index >= 15 is 0 Å². The molecule has 122 valence electrons. The van der Waals surface area contributed by atoms with Crippen LogP contribution in [0.3, 0.4) is 0 Å². The molecule has 4 nitrogen and oxygen atoms in total. The third-order valence-electron chi connectivity index (χ3n) is 4.77. The Hall–Kier alpha value is -1.06. The van der Waals surface area contributed by atoms with Gasteiger partial charge in [0.15, 0.2) is 0 Å². The maximum Gasteiger partial charge on any atom is 0.516 e. The fourth-order valence-corrected chi connectivity index (χ4v) is 2.57. The van der Waals surface area contributed by atoms with Crippen molar-refractivity contribution in [3.63, 3.8) is 0 Å². The standard InChI is InChI=1S/C17H30O4/c1-7-17(5,6)14(18)21-15(19)20-13-10-8-12(9-11-13)16(2,3)4/h12-13H,7-11H2,1-6H3. The van der Waals surface area contributed by atoms with Gasteiger partial charge in [-0.25, -0.2) is 4.79 Å². The Balaban J connectivity index is 2.39. The molecule has 1 aliphatic carbocycles. The second-order valence-electron chi connectivity index (χ2n) is 7.83. The smallest absolute Gasteiger partial charge is 0.431 e. The first-order chi connectivity index (χ1) is 9.56. The van der Waals surface area contributed by atoms with Crippen LogP contribution in [-0.2, 0) is 14.3 Å². The summed E-state index contributed by atoms with van der Waals surface area (Å²) < 4.78 is 10.1. The van der Waals surface area contributed by atoms with Crippen LogP contribution in [0, 0.1) is 16.7 Å². The minimum atomic E-state index is -0.847. The van der Waals surface area contributed by atoms with Gasteiger partial charge in [-0.15, -0.1) is 0 Å². The van der Waals surface area contributed by atoms with Crippen LogP contribution in [0.5, 0.6) is 0 Å². The molecule has 0 atom stereocenters. The van der Waals surface area contributed by atoms with Crippen molar-refractivity contribution in [1.82, 2.24) is 0 Å². The monoisotopic (exact) mass is 298 g/mol. The normalized spacial score (nSPS) is 23.5. The molecule has 0 unspecified atom stereocenters. The van der Waals surface area contributed by atoms with E-state index in [9.17, 15) is 9.59 Å². The average Bonchev–Trinajstić information content (AvgIpc) is 2.38. The van der Waals surface area contributed by atoms with E-state index in [1.165, 1.54) is 0 Å². The molecule has 0 bridgehead atoms. The van der Waals surface area contributed by atoms with Gasteiger partial charge in [-0.05, 0) is 57.3 Å². The number of ether oxygens (including phenoxy) is 2. The van der Waals surface area contributed by atoms with Crippen molar-refractivity contribution in [2.75, 3.05) is 0 Å². The van der Waals surface area contributed by atoms with Crippen LogP contribution < -0.4 is 0 Å². The lowest BCUT2D eigenvalue weighted by molar-refractivity contribution is -0.150. The molecule has 0 aromatic heterocycles. The number of hydrogen-bond acceptors (Lipinski definition) is 4. The fraction of sp³-hybridized carbons (Fsp3) is 0.882. The Morgan fingerprint density at radius 3 is 1.95 bits per heavy atom. The maximum absolute atomic E-state index is 11.8. The quantitative estimate of drug-likeness (QED) is 0.559. The summed E-state index contributed by atoms with van der Waals surface area (Å²) in [5.41, 5.74) is -0.352. The zero-order chi connectivity index (χ0) is 16.3. The average molecular weight is 298 g/mol. The molecule has 1 saturated carbocycles. The van der Waals surface area contributed by atoms with Gasteiger partial charge in [0.1, 0.15) is 6.10 Å². The van der Waals surface area contributed by atoms with Gasteiger partial charge in [0.25, 0.3) is 0 Å². The molecule has 1 fully saturated rings. The van der Waals surface area contributed by atoms with E-state index in [-0.39, 0.29) is 6.10 Å². The van der Waals surface area contributed by atoms with Crippen molar-refractivity contribution in [2.24, 2.45) is 16.7 Å². The largest absolute Gasteiger partial charge is 0.516 e. The van der Waals surface area contributed by atoms with E-state index in [1.807, 2.05) is 6.92 Å². The maximum atomic E-state index is 11.8. The minimum absolute atomic E-state index is 0.117. The van der Waals surface area contributed by atoms with Crippen LogP contribution in [0.25, 0.3) is 0 Å². The topological polar surface area (TPSA) is 52.6 Å². The predicted octanol–water partition coefficient (Wildman–Crippen LogP) is 4.71. The predicted molar refractivity (Wildman–Crippen MR) is 81.8 cm³/mol. The highest BCUT2D eigenvalue weighted by atomic mass is 16.7. The minimum Gasteiger partial charge on any atom is -0.431 e. The van der Waals surface area contributed by atoms with Crippen molar-refractivity contribution in [3.05, 3.63) is 0 Å². The molecule has 0 saturated heterocycles. The Kier molecular flexibility index (Phi) is 5.83. The number of rotatable bonds is 3. The van der Waals surface area contributed by atoms with Gasteiger partial charge < -0.3 is 9.47 Å². The second-order valence-corrected chi connectivity index (χ2v) is 7.83. The first-order valence-corrected chi connectivity index (χ1v) is 7.99. The van der Waals surface area contributed by atoms with Gasteiger partial charge in [-0.2, -0.15) is 0 Å². The molecule has 4 heteroatoms. The molecule has 0 aromatic carbocycles. The summed E-state index contributed by atoms with van der Waals surface area (Å²) in [6.07, 6.45) is 3.46. The van der Waals surface area contributed by atoms with Gasteiger partial charge in [-0.3, -0.25) is 4.79 Å². The molecular formula is C17H30O4. The van der Waals surface area contributed by atoms with Crippen molar-refractivity contribution < 1.29 is 19.1 Å². The number of esters is 1. The summed E-state index contributed by atoms with van der Waals surface area (Å²) in [6, 6.07) is 0. The Labute approximate surface area is 128 Å². The van der Waals surface area contributed by atoms with Gasteiger partial charge >= 0.3 is 12.1 Å². The van der Waals surface area contributed by atoms with E-state index in [0.29, 0.717) is 17.8 Å². The van der Waals surface area contributed by atoms with Crippen LogP contribution in [-0.4, -0.2) is 18.2 Å². The molecule has 0 heterocycles.